The number of aromatic nitrogens is 1. The van der Waals surface area contributed by atoms with Gasteiger partial charge < -0.3 is 14.2 Å². The molecule has 0 amide bonds. The van der Waals surface area contributed by atoms with E-state index in [0.717, 1.165) is 11.3 Å². The van der Waals surface area contributed by atoms with Gasteiger partial charge in [-0.3, -0.25) is 0 Å². The highest BCUT2D eigenvalue weighted by atomic mass is 35.5. The molecule has 7 heteroatoms. The van der Waals surface area contributed by atoms with Crippen LogP contribution in [0, 0.1) is 0 Å². The molecule has 0 fully saturated rings. The van der Waals surface area contributed by atoms with Crippen LogP contribution in [0.3, 0.4) is 0 Å². The molecule has 0 spiro atoms. The highest BCUT2D eigenvalue weighted by Gasteiger charge is 2.17. The van der Waals surface area contributed by atoms with Crippen molar-refractivity contribution in [1.29, 1.82) is 0 Å². The van der Waals surface area contributed by atoms with E-state index in [1.165, 1.54) is 7.11 Å². The zero-order valence-electron chi connectivity index (χ0n) is 8.28. The van der Waals surface area contributed by atoms with Crippen LogP contribution in [-0.2, 0) is 9.47 Å². The maximum absolute atomic E-state index is 11.2. The van der Waals surface area contributed by atoms with Crippen LogP contribution in [0.25, 0.3) is 0 Å². The minimum Gasteiger partial charge on any atom is -0.468 e. The van der Waals surface area contributed by atoms with Crippen LogP contribution in [-0.4, -0.2) is 38.4 Å². The van der Waals surface area contributed by atoms with Crippen LogP contribution in [0.15, 0.2) is 0 Å². The number of rotatable bonds is 5. The summed E-state index contributed by atoms with van der Waals surface area (Å²) in [5, 5.41) is 0.428. The molecule has 0 saturated carbocycles. The van der Waals surface area contributed by atoms with Crippen LogP contribution in [0.2, 0.25) is 5.15 Å². The lowest BCUT2D eigenvalue weighted by Crippen LogP contribution is -2.03. The number of methoxy groups -OCH3 is 2. The van der Waals surface area contributed by atoms with Gasteiger partial charge in [-0.05, 0) is 0 Å². The Morgan fingerprint density at radius 1 is 1.47 bits per heavy atom. The second-order valence-corrected chi connectivity index (χ2v) is 3.75. The fraction of sp³-hybridized carbons (Fsp3) is 0.500. The molecule has 0 aromatic carbocycles. The van der Waals surface area contributed by atoms with Gasteiger partial charge in [-0.25, -0.2) is 4.79 Å². The van der Waals surface area contributed by atoms with Crippen molar-refractivity contribution < 1.29 is 19.0 Å². The van der Waals surface area contributed by atoms with Crippen molar-refractivity contribution in [2.45, 2.75) is 0 Å². The monoisotopic (exact) mass is 251 g/mol. The van der Waals surface area contributed by atoms with Crippen LogP contribution in [0.4, 0.5) is 0 Å². The first-order valence-corrected chi connectivity index (χ1v) is 5.25. The third kappa shape index (κ3) is 3.33. The molecule has 5 nitrogen and oxygen atoms in total. The molecule has 0 aliphatic heterocycles. The molecule has 1 rings (SSSR count). The average molecular weight is 252 g/mol. The number of hydrogen-bond acceptors (Lipinski definition) is 6. The van der Waals surface area contributed by atoms with Crippen LogP contribution in [0.1, 0.15) is 9.67 Å². The number of thiazole rings is 1. The predicted molar refractivity (Wildman–Crippen MR) is 55.8 cm³/mol. The molecule has 1 aromatic rings. The first-order valence-electron chi connectivity index (χ1n) is 4.05. The highest BCUT2D eigenvalue weighted by Crippen LogP contribution is 2.29. The standard InChI is InChI=1S/C8H10ClNO4S/c1-12-3-4-14-8-10-6(9)5(15-8)7(11)13-2/h3-4H2,1-2H3. The fourth-order valence-corrected chi connectivity index (χ4v) is 1.85. The first-order chi connectivity index (χ1) is 7.19. The number of halogens is 1. The maximum atomic E-state index is 11.2. The van der Waals surface area contributed by atoms with Crippen molar-refractivity contribution in [2.24, 2.45) is 0 Å². The van der Waals surface area contributed by atoms with E-state index < -0.39 is 5.97 Å². The summed E-state index contributed by atoms with van der Waals surface area (Å²) < 4.78 is 14.5. The lowest BCUT2D eigenvalue weighted by Gasteiger charge is -1.99. The molecule has 15 heavy (non-hydrogen) atoms. The molecule has 0 atom stereocenters. The van der Waals surface area contributed by atoms with Gasteiger partial charge in [0.1, 0.15) is 6.61 Å². The van der Waals surface area contributed by atoms with E-state index in [9.17, 15) is 4.79 Å². The second kappa shape index (κ2) is 5.89. The average Bonchev–Trinajstić information content (AvgIpc) is 2.59. The number of carbonyl (C=O) groups excluding carboxylic acids is 1. The van der Waals surface area contributed by atoms with E-state index in [1.807, 2.05) is 0 Å². The Morgan fingerprint density at radius 2 is 2.20 bits per heavy atom. The van der Waals surface area contributed by atoms with Crippen molar-refractivity contribution in [3.8, 4) is 5.19 Å². The van der Waals surface area contributed by atoms with E-state index in [4.69, 9.17) is 21.1 Å². The quantitative estimate of drug-likeness (QED) is 0.588. The lowest BCUT2D eigenvalue weighted by atomic mass is 10.6. The molecule has 0 unspecified atom stereocenters. The minimum atomic E-state index is -0.515. The second-order valence-electron chi connectivity index (χ2n) is 2.43. The third-order valence-electron chi connectivity index (χ3n) is 1.45. The number of ether oxygens (including phenoxy) is 3. The van der Waals surface area contributed by atoms with Crippen molar-refractivity contribution >= 4 is 28.9 Å². The van der Waals surface area contributed by atoms with Gasteiger partial charge in [-0.2, -0.15) is 4.98 Å². The van der Waals surface area contributed by atoms with Gasteiger partial charge in [0.2, 0.25) is 0 Å². The summed E-state index contributed by atoms with van der Waals surface area (Å²) in [6.07, 6.45) is 0. The normalized spacial score (nSPS) is 10.1. The van der Waals surface area contributed by atoms with Gasteiger partial charge in [-0.15, -0.1) is 0 Å². The Kier molecular flexibility index (Phi) is 4.80. The van der Waals surface area contributed by atoms with Crippen LogP contribution in [0.5, 0.6) is 5.19 Å². The van der Waals surface area contributed by atoms with Crippen LogP contribution >= 0.6 is 22.9 Å². The SMILES string of the molecule is COCCOc1nc(Cl)c(C(=O)OC)s1. The summed E-state index contributed by atoms with van der Waals surface area (Å²) in [6, 6.07) is 0. The molecular formula is C8H10ClNO4S. The lowest BCUT2D eigenvalue weighted by molar-refractivity contribution is 0.0606. The molecule has 0 aliphatic carbocycles. The molecule has 84 valence electrons. The Labute approximate surface area is 95.9 Å². The van der Waals surface area contributed by atoms with E-state index in [-0.39, 0.29) is 10.0 Å². The van der Waals surface area contributed by atoms with Crippen LogP contribution < -0.4 is 4.74 Å². The molecule has 1 heterocycles. The highest BCUT2D eigenvalue weighted by molar-refractivity contribution is 7.15. The van der Waals surface area contributed by atoms with Gasteiger partial charge in [0.05, 0.1) is 13.7 Å². The van der Waals surface area contributed by atoms with Crippen molar-refractivity contribution in [2.75, 3.05) is 27.4 Å². The molecule has 1 aromatic heterocycles. The first kappa shape index (κ1) is 12.2. The summed E-state index contributed by atoms with van der Waals surface area (Å²) in [6.45, 7) is 0.811. The Morgan fingerprint density at radius 3 is 2.80 bits per heavy atom. The summed E-state index contributed by atoms with van der Waals surface area (Å²) in [5.74, 6) is -0.515. The molecule has 0 N–H and O–H groups in total. The number of esters is 1. The van der Waals surface area contributed by atoms with Gasteiger partial charge >= 0.3 is 5.97 Å². The zero-order chi connectivity index (χ0) is 11.3. The number of nitrogens with zero attached hydrogens (tertiary/aromatic N) is 1. The molecule has 0 aliphatic rings. The van der Waals surface area contributed by atoms with E-state index in [2.05, 4.69) is 9.72 Å². The Balaban J connectivity index is 2.64. The summed E-state index contributed by atoms with van der Waals surface area (Å²) in [5.41, 5.74) is 0. The van der Waals surface area contributed by atoms with Gasteiger partial charge in [-0.1, -0.05) is 22.9 Å². The third-order valence-corrected chi connectivity index (χ3v) is 2.78. The molecular weight excluding hydrogens is 242 g/mol. The largest absolute Gasteiger partial charge is 0.468 e. The Bertz CT molecular complexity index is 341. The molecule has 0 saturated heterocycles. The number of carbonyl (C=O) groups is 1. The maximum Gasteiger partial charge on any atom is 0.351 e. The summed E-state index contributed by atoms with van der Waals surface area (Å²) >= 11 is 6.77. The van der Waals surface area contributed by atoms with E-state index in [1.54, 1.807) is 7.11 Å². The van der Waals surface area contributed by atoms with Gasteiger partial charge in [0.25, 0.3) is 5.19 Å². The predicted octanol–water partition coefficient (Wildman–Crippen LogP) is 1.61. The van der Waals surface area contributed by atoms with Crippen molar-refractivity contribution in [3.05, 3.63) is 10.0 Å². The minimum absolute atomic E-state index is 0.0965. The van der Waals surface area contributed by atoms with Gasteiger partial charge in [0, 0.05) is 7.11 Å². The summed E-state index contributed by atoms with van der Waals surface area (Å²) in [7, 11) is 2.85. The molecule has 0 radical (unpaired) electrons. The Hall–Kier alpha value is -0.850. The molecule has 0 bridgehead atoms. The van der Waals surface area contributed by atoms with Crippen molar-refractivity contribution in [1.82, 2.24) is 4.98 Å². The van der Waals surface area contributed by atoms with E-state index in [0.29, 0.717) is 18.4 Å². The van der Waals surface area contributed by atoms with E-state index >= 15 is 0 Å². The topological polar surface area (TPSA) is 57.7 Å². The fourth-order valence-electron chi connectivity index (χ4n) is 0.776. The zero-order valence-corrected chi connectivity index (χ0v) is 9.85. The van der Waals surface area contributed by atoms with Crippen molar-refractivity contribution in [3.63, 3.8) is 0 Å². The smallest absolute Gasteiger partial charge is 0.351 e. The number of hydrogen-bond donors (Lipinski definition) is 0. The summed E-state index contributed by atoms with van der Waals surface area (Å²) in [4.78, 5) is 15.3. The van der Waals surface area contributed by atoms with Gasteiger partial charge in [0.15, 0.2) is 10.0 Å².